The molecule has 1 rings (SSSR count). The fourth-order valence-corrected chi connectivity index (χ4v) is 1.77. The van der Waals surface area contributed by atoms with E-state index in [9.17, 15) is 4.79 Å². The molecule has 0 aliphatic carbocycles. The number of carbonyl (C=O) groups is 1. The summed E-state index contributed by atoms with van der Waals surface area (Å²) in [4.78, 5) is 10.5. The van der Waals surface area contributed by atoms with Crippen LogP contribution >= 0.6 is 15.9 Å². The summed E-state index contributed by atoms with van der Waals surface area (Å²) in [5.74, 6) is -0.910. The van der Waals surface area contributed by atoms with Crippen LogP contribution in [0, 0.1) is 0 Å². The lowest BCUT2D eigenvalue weighted by atomic mass is 10.0. The average Bonchev–Trinajstić information content (AvgIpc) is 2.16. The second-order valence-electron chi connectivity index (χ2n) is 2.96. The van der Waals surface area contributed by atoms with Crippen molar-refractivity contribution in [2.24, 2.45) is 0 Å². The maximum atomic E-state index is 10.5. The zero-order valence-electron chi connectivity index (χ0n) is 7.83. The number of halogens is 1. The van der Waals surface area contributed by atoms with E-state index in [0.29, 0.717) is 0 Å². The first-order valence-corrected chi connectivity index (χ1v) is 5.32. The molecule has 0 bridgehead atoms. The zero-order valence-corrected chi connectivity index (χ0v) is 9.41. The molecule has 0 fully saturated rings. The van der Waals surface area contributed by atoms with E-state index in [0.717, 1.165) is 22.0 Å². The van der Waals surface area contributed by atoms with Crippen molar-refractivity contribution in [1.82, 2.24) is 0 Å². The Morgan fingerprint density at radius 2 is 2.14 bits per heavy atom. The lowest BCUT2D eigenvalue weighted by Gasteiger charge is -2.06. The summed E-state index contributed by atoms with van der Waals surface area (Å²) < 4.78 is 0. The van der Waals surface area contributed by atoms with Crippen LogP contribution in [0.4, 0.5) is 0 Å². The van der Waals surface area contributed by atoms with Gasteiger partial charge in [0.2, 0.25) is 0 Å². The summed E-state index contributed by atoms with van der Waals surface area (Å²) in [5, 5.41) is 9.35. The van der Waals surface area contributed by atoms with Crippen LogP contribution in [0.15, 0.2) is 30.3 Å². The van der Waals surface area contributed by atoms with Gasteiger partial charge < -0.3 is 5.11 Å². The lowest BCUT2D eigenvalue weighted by Crippen LogP contribution is -1.93. The van der Waals surface area contributed by atoms with E-state index < -0.39 is 5.97 Å². The fourth-order valence-electron chi connectivity index (χ4n) is 1.28. The van der Waals surface area contributed by atoms with Gasteiger partial charge in [0.25, 0.3) is 0 Å². The Morgan fingerprint density at radius 3 is 2.71 bits per heavy atom. The van der Waals surface area contributed by atoms with Gasteiger partial charge in [-0.2, -0.15) is 0 Å². The molecule has 0 aliphatic rings. The first kappa shape index (κ1) is 11.0. The molecule has 2 nitrogen and oxygen atoms in total. The number of carboxylic acid groups (broad SMARTS) is 1. The summed E-state index contributed by atoms with van der Waals surface area (Å²) in [7, 11) is 0. The number of hydrogen-bond acceptors (Lipinski definition) is 1. The summed E-state index contributed by atoms with van der Waals surface area (Å²) in [6.45, 7) is 1.80. The van der Waals surface area contributed by atoms with Crippen molar-refractivity contribution < 1.29 is 9.90 Å². The van der Waals surface area contributed by atoms with Gasteiger partial charge in [0.05, 0.1) is 0 Å². The smallest absolute Gasteiger partial charge is 0.328 e. The fraction of sp³-hybridized carbons (Fsp3) is 0.182. The van der Waals surface area contributed by atoms with Crippen LogP contribution in [0.25, 0.3) is 5.57 Å². The molecular formula is C11H11BrO2. The van der Waals surface area contributed by atoms with Crippen molar-refractivity contribution in [1.29, 1.82) is 0 Å². The third-order valence-corrected chi connectivity index (χ3v) is 2.53. The molecule has 0 unspecified atom stereocenters. The van der Waals surface area contributed by atoms with Crippen molar-refractivity contribution in [3.8, 4) is 0 Å². The zero-order chi connectivity index (χ0) is 10.6. The number of alkyl halides is 1. The van der Waals surface area contributed by atoms with Crippen molar-refractivity contribution in [2.45, 2.75) is 12.3 Å². The third-order valence-electron chi connectivity index (χ3n) is 1.93. The van der Waals surface area contributed by atoms with Gasteiger partial charge in [0.15, 0.2) is 0 Å². The molecule has 14 heavy (non-hydrogen) atoms. The molecule has 0 amide bonds. The maximum Gasteiger partial charge on any atom is 0.328 e. The Morgan fingerprint density at radius 1 is 1.50 bits per heavy atom. The Kier molecular flexibility index (Phi) is 3.89. The Hall–Kier alpha value is -1.09. The van der Waals surface area contributed by atoms with Crippen molar-refractivity contribution >= 4 is 27.5 Å². The Balaban J connectivity index is 3.11. The second kappa shape index (κ2) is 4.96. The van der Waals surface area contributed by atoms with E-state index >= 15 is 0 Å². The summed E-state index contributed by atoms with van der Waals surface area (Å²) in [6.07, 6.45) is 1.22. The first-order valence-electron chi connectivity index (χ1n) is 4.20. The number of rotatable bonds is 3. The normalized spacial score (nSPS) is 11.4. The number of hydrogen-bond donors (Lipinski definition) is 1. The van der Waals surface area contributed by atoms with Gasteiger partial charge in [-0.1, -0.05) is 40.2 Å². The predicted octanol–water partition coefficient (Wildman–Crippen LogP) is 3.07. The van der Waals surface area contributed by atoms with Gasteiger partial charge in [-0.15, -0.1) is 0 Å². The quantitative estimate of drug-likeness (QED) is 0.665. The molecule has 0 radical (unpaired) electrons. The van der Waals surface area contributed by atoms with Crippen LogP contribution < -0.4 is 0 Å². The Labute approximate surface area is 91.4 Å². The van der Waals surface area contributed by atoms with E-state index in [1.165, 1.54) is 6.08 Å². The standard InChI is InChI=1S/C11H11BrO2/c1-8(6-11(13)14)10-5-3-2-4-9(10)7-12/h2-6H,7H2,1H3,(H,13,14)/b8-6-. The molecule has 0 saturated heterocycles. The van der Waals surface area contributed by atoms with E-state index in [1.54, 1.807) is 6.92 Å². The topological polar surface area (TPSA) is 37.3 Å². The number of carboxylic acids is 1. The molecule has 0 saturated carbocycles. The monoisotopic (exact) mass is 254 g/mol. The van der Waals surface area contributed by atoms with E-state index in [-0.39, 0.29) is 0 Å². The minimum absolute atomic E-state index is 0.730. The molecule has 1 aromatic carbocycles. The molecule has 0 spiro atoms. The van der Waals surface area contributed by atoms with Crippen LogP contribution in [0.1, 0.15) is 18.1 Å². The highest BCUT2D eigenvalue weighted by atomic mass is 79.9. The van der Waals surface area contributed by atoms with Crippen LogP contribution in [-0.2, 0) is 10.1 Å². The molecule has 1 N–H and O–H groups in total. The summed E-state index contributed by atoms with van der Waals surface area (Å²) in [6, 6.07) is 7.74. The highest BCUT2D eigenvalue weighted by Gasteiger charge is 2.03. The molecule has 0 aromatic heterocycles. The van der Waals surface area contributed by atoms with Gasteiger partial charge in [0.1, 0.15) is 0 Å². The third kappa shape index (κ3) is 2.70. The number of benzene rings is 1. The molecule has 0 aliphatic heterocycles. The highest BCUT2D eigenvalue weighted by molar-refractivity contribution is 9.08. The van der Waals surface area contributed by atoms with Gasteiger partial charge >= 0.3 is 5.97 Å². The summed E-state index contributed by atoms with van der Waals surface area (Å²) >= 11 is 3.37. The lowest BCUT2D eigenvalue weighted by molar-refractivity contribution is -0.131. The second-order valence-corrected chi connectivity index (χ2v) is 3.52. The average molecular weight is 255 g/mol. The largest absolute Gasteiger partial charge is 0.478 e. The van der Waals surface area contributed by atoms with Gasteiger partial charge in [-0.05, 0) is 23.6 Å². The molecule has 0 atom stereocenters. The predicted molar refractivity (Wildman–Crippen MR) is 60.4 cm³/mol. The van der Waals surface area contributed by atoms with E-state index in [1.807, 2.05) is 24.3 Å². The van der Waals surface area contributed by atoms with Gasteiger partial charge in [-0.3, -0.25) is 0 Å². The first-order chi connectivity index (χ1) is 6.65. The molecule has 0 heterocycles. The van der Waals surface area contributed by atoms with Gasteiger partial charge in [0, 0.05) is 11.4 Å². The van der Waals surface area contributed by atoms with Crippen LogP contribution in [0.3, 0.4) is 0 Å². The minimum Gasteiger partial charge on any atom is -0.478 e. The van der Waals surface area contributed by atoms with E-state index in [4.69, 9.17) is 5.11 Å². The Bertz CT molecular complexity index is 369. The van der Waals surface area contributed by atoms with Crippen molar-refractivity contribution in [3.05, 3.63) is 41.5 Å². The molecule has 74 valence electrons. The maximum absolute atomic E-state index is 10.5. The molecule has 1 aromatic rings. The van der Waals surface area contributed by atoms with E-state index in [2.05, 4.69) is 15.9 Å². The van der Waals surface area contributed by atoms with Crippen LogP contribution in [0.5, 0.6) is 0 Å². The SMILES string of the molecule is C/C(=C/C(=O)O)c1ccccc1CBr. The number of aliphatic carboxylic acids is 1. The highest BCUT2D eigenvalue weighted by Crippen LogP contribution is 2.20. The van der Waals surface area contributed by atoms with Crippen molar-refractivity contribution in [3.63, 3.8) is 0 Å². The van der Waals surface area contributed by atoms with Crippen molar-refractivity contribution in [2.75, 3.05) is 0 Å². The van der Waals surface area contributed by atoms with Gasteiger partial charge in [-0.25, -0.2) is 4.79 Å². The van der Waals surface area contributed by atoms with Crippen LogP contribution in [0.2, 0.25) is 0 Å². The molecule has 3 heteroatoms. The minimum atomic E-state index is -0.910. The summed E-state index contributed by atoms with van der Waals surface area (Å²) in [5.41, 5.74) is 2.85. The van der Waals surface area contributed by atoms with Crippen LogP contribution in [-0.4, -0.2) is 11.1 Å². The number of allylic oxidation sites excluding steroid dienone is 1. The molecular weight excluding hydrogens is 244 g/mol.